The van der Waals surface area contributed by atoms with Gasteiger partial charge in [-0.1, -0.05) is 13.0 Å². The first kappa shape index (κ1) is 15.1. The first-order chi connectivity index (χ1) is 9.76. The zero-order chi connectivity index (χ0) is 14.4. The number of hydrogen-bond donors (Lipinski definition) is 1. The highest BCUT2D eigenvalue weighted by Crippen LogP contribution is 2.25. The molecule has 2 atom stereocenters. The van der Waals surface area contributed by atoms with Gasteiger partial charge in [-0.2, -0.15) is 0 Å². The molecule has 0 radical (unpaired) electrons. The Labute approximate surface area is 121 Å². The van der Waals surface area contributed by atoms with E-state index in [1.807, 2.05) is 12.1 Å². The van der Waals surface area contributed by atoms with E-state index in [1.165, 1.54) is 0 Å². The molecule has 0 saturated carbocycles. The molecule has 0 aliphatic carbocycles. The average Bonchev–Trinajstić information content (AvgIpc) is 2.52. The fraction of sp³-hybridized carbons (Fsp3) is 0.625. The van der Waals surface area contributed by atoms with Crippen LogP contribution in [0.4, 0.5) is 0 Å². The van der Waals surface area contributed by atoms with Gasteiger partial charge >= 0.3 is 0 Å². The molecule has 1 aromatic rings. The van der Waals surface area contributed by atoms with Gasteiger partial charge in [0.25, 0.3) is 0 Å². The van der Waals surface area contributed by atoms with E-state index in [4.69, 9.17) is 14.2 Å². The number of ether oxygens (including phenoxy) is 3. The normalized spacial score (nSPS) is 22.6. The molecule has 1 fully saturated rings. The molecule has 1 saturated heterocycles. The van der Waals surface area contributed by atoms with Crippen molar-refractivity contribution in [1.29, 1.82) is 0 Å². The third-order valence-electron chi connectivity index (χ3n) is 3.90. The Kier molecular flexibility index (Phi) is 5.68. The van der Waals surface area contributed by atoms with Crippen molar-refractivity contribution in [2.24, 2.45) is 0 Å². The smallest absolute Gasteiger partial charge is 0.127 e. The SMILES string of the molecule is CC[C@H]1C[C@@H](NCc2ccc(OC)cc2OC)CCO1. The van der Waals surface area contributed by atoms with Gasteiger partial charge in [0.15, 0.2) is 0 Å². The van der Waals surface area contributed by atoms with E-state index in [1.54, 1.807) is 14.2 Å². The standard InChI is InChI=1S/C16H25NO3/c1-4-14-9-13(7-8-20-14)17-11-12-5-6-15(18-2)10-16(12)19-3/h5-6,10,13-14,17H,4,7-9,11H2,1-3H3/t13-,14-/m0/s1. The molecule has 2 rings (SSSR count). The molecule has 4 nitrogen and oxygen atoms in total. The van der Waals surface area contributed by atoms with Gasteiger partial charge in [0.05, 0.1) is 20.3 Å². The van der Waals surface area contributed by atoms with Crippen LogP contribution in [0.25, 0.3) is 0 Å². The van der Waals surface area contributed by atoms with E-state index in [-0.39, 0.29) is 0 Å². The number of hydrogen-bond acceptors (Lipinski definition) is 4. The van der Waals surface area contributed by atoms with Crippen molar-refractivity contribution >= 4 is 0 Å². The Bertz CT molecular complexity index is 422. The molecule has 0 spiro atoms. The monoisotopic (exact) mass is 279 g/mol. The zero-order valence-corrected chi connectivity index (χ0v) is 12.6. The molecule has 1 aliphatic rings. The summed E-state index contributed by atoms with van der Waals surface area (Å²) in [5, 5.41) is 3.61. The first-order valence-corrected chi connectivity index (χ1v) is 7.32. The predicted molar refractivity (Wildman–Crippen MR) is 79.4 cm³/mol. The molecule has 1 aliphatic heterocycles. The molecule has 1 N–H and O–H groups in total. The van der Waals surface area contributed by atoms with Crippen molar-refractivity contribution in [2.75, 3.05) is 20.8 Å². The Morgan fingerprint density at radius 2 is 2.15 bits per heavy atom. The Balaban J connectivity index is 1.93. The molecule has 4 heteroatoms. The maximum atomic E-state index is 5.70. The fourth-order valence-corrected chi connectivity index (χ4v) is 2.60. The lowest BCUT2D eigenvalue weighted by Gasteiger charge is -2.29. The highest BCUT2D eigenvalue weighted by atomic mass is 16.5. The largest absolute Gasteiger partial charge is 0.497 e. The second-order valence-electron chi connectivity index (χ2n) is 5.18. The fourth-order valence-electron chi connectivity index (χ4n) is 2.60. The van der Waals surface area contributed by atoms with Crippen LogP contribution < -0.4 is 14.8 Å². The molecule has 1 heterocycles. The maximum absolute atomic E-state index is 5.70. The topological polar surface area (TPSA) is 39.7 Å². The second-order valence-corrected chi connectivity index (χ2v) is 5.18. The third kappa shape index (κ3) is 3.87. The van der Waals surface area contributed by atoms with Crippen molar-refractivity contribution in [2.45, 2.75) is 44.9 Å². The van der Waals surface area contributed by atoms with Gasteiger partial charge in [0, 0.05) is 30.8 Å². The molecular formula is C16H25NO3. The lowest BCUT2D eigenvalue weighted by atomic mass is 10.0. The molecule has 112 valence electrons. The summed E-state index contributed by atoms with van der Waals surface area (Å²) in [7, 11) is 3.36. The van der Waals surface area contributed by atoms with Gasteiger partial charge in [-0.25, -0.2) is 0 Å². The summed E-state index contributed by atoms with van der Waals surface area (Å²) in [6, 6.07) is 6.48. The molecule has 0 unspecified atom stereocenters. The number of rotatable bonds is 6. The summed E-state index contributed by atoms with van der Waals surface area (Å²) < 4.78 is 16.3. The number of methoxy groups -OCH3 is 2. The van der Waals surface area contributed by atoms with E-state index in [0.717, 1.165) is 49.5 Å². The predicted octanol–water partition coefficient (Wildman–Crippen LogP) is 2.75. The summed E-state index contributed by atoms with van der Waals surface area (Å²) in [5.41, 5.74) is 1.16. The van der Waals surface area contributed by atoms with Crippen molar-refractivity contribution < 1.29 is 14.2 Å². The van der Waals surface area contributed by atoms with Crippen LogP contribution in [0.5, 0.6) is 11.5 Å². The summed E-state index contributed by atoms with van der Waals surface area (Å²) in [5.74, 6) is 1.69. The Morgan fingerprint density at radius 3 is 2.85 bits per heavy atom. The van der Waals surface area contributed by atoms with Crippen LogP contribution in [0.1, 0.15) is 31.7 Å². The minimum absolute atomic E-state index is 0.402. The van der Waals surface area contributed by atoms with Crippen LogP contribution >= 0.6 is 0 Å². The number of benzene rings is 1. The molecular weight excluding hydrogens is 254 g/mol. The van der Waals surface area contributed by atoms with Crippen LogP contribution in [0.2, 0.25) is 0 Å². The van der Waals surface area contributed by atoms with Crippen LogP contribution in [0.15, 0.2) is 18.2 Å². The van der Waals surface area contributed by atoms with Crippen molar-refractivity contribution in [1.82, 2.24) is 5.32 Å². The highest BCUT2D eigenvalue weighted by Gasteiger charge is 2.21. The molecule has 20 heavy (non-hydrogen) atoms. The zero-order valence-electron chi connectivity index (χ0n) is 12.6. The van der Waals surface area contributed by atoms with Crippen LogP contribution in [0.3, 0.4) is 0 Å². The molecule has 1 aromatic carbocycles. The van der Waals surface area contributed by atoms with Gasteiger partial charge in [0.2, 0.25) is 0 Å². The highest BCUT2D eigenvalue weighted by molar-refractivity contribution is 5.40. The van der Waals surface area contributed by atoms with Gasteiger partial charge in [0.1, 0.15) is 11.5 Å². The summed E-state index contributed by atoms with van der Waals surface area (Å²) in [6.07, 6.45) is 3.66. The van der Waals surface area contributed by atoms with Gasteiger partial charge in [-0.05, 0) is 25.3 Å². The minimum atomic E-state index is 0.402. The lowest BCUT2D eigenvalue weighted by molar-refractivity contribution is -0.000339. The third-order valence-corrected chi connectivity index (χ3v) is 3.90. The van der Waals surface area contributed by atoms with E-state index in [2.05, 4.69) is 18.3 Å². The van der Waals surface area contributed by atoms with Crippen LogP contribution in [-0.2, 0) is 11.3 Å². The summed E-state index contributed by atoms with van der Waals surface area (Å²) in [4.78, 5) is 0. The summed E-state index contributed by atoms with van der Waals surface area (Å²) in [6.45, 7) is 3.85. The molecule has 0 amide bonds. The van der Waals surface area contributed by atoms with E-state index in [0.29, 0.717) is 12.1 Å². The van der Waals surface area contributed by atoms with Crippen LogP contribution in [0, 0.1) is 0 Å². The second kappa shape index (κ2) is 7.50. The van der Waals surface area contributed by atoms with E-state index >= 15 is 0 Å². The van der Waals surface area contributed by atoms with E-state index < -0.39 is 0 Å². The van der Waals surface area contributed by atoms with Crippen molar-refractivity contribution in [3.8, 4) is 11.5 Å². The molecule has 0 bridgehead atoms. The quantitative estimate of drug-likeness (QED) is 0.869. The number of nitrogens with one attached hydrogen (secondary N) is 1. The first-order valence-electron chi connectivity index (χ1n) is 7.32. The lowest BCUT2D eigenvalue weighted by Crippen LogP contribution is -2.38. The average molecular weight is 279 g/mol. The van der Waals surface area contributed by atoms with Gasteiger partial charge < -0.3 is 19.5 Å². The van der Waals surface area contributed by atoms with Gasteiger partial charge in [-0.3, -0.25) is 0 Å². The van der Waals surface area contributed by atoms with Crippen molar-refractivity contribution in [3.63, 3.8) is 0 Å². The minimum Gasteiger partial charge on any atom is -0.497 e. The Hall–Kier alpha value is -1.26. The van der Waals surface area contributed by atoms with Gasteiger partial charge in [-0.15, -0.1) is 0 Å². The van der Waals surface area contributed by atoms with Crippen LogP contribution in [-0.4, -0.2) is 33.0 Å². The van der Waals surface area contributed by atoms with Crippen molar-refractivity contribution in [3.05, 3.63) is 23.8 Å². The Morgan fingerprint density at radius 1 is 1.30 bits per heavy atom. The molecule has 0 aromatic heterocycles. The maximum Gasteiger partial charge on any atom is 0.127 e. The summed E-state index contributed by atoms with van der Waals surface area (Å²) >= 11 is 0. The van der Waals surface area contributed by atoms with E-state index in [9.17, 15) is 0 Å².